The van der Waals surface area contributed by atoms with Crippen LogP contribution in [0.4, 0.5) is 9.18 Å². The van der Waals surface area contributed by atoms with Crippen LogP contribution in [0.3, 0.4) is 0 Å². The number of urea groups is 1. The summed E-state index contributed by atoms with van der Waals surface area (Å²) in [5, 5.41) is 5.61. The van der Waals surface area contributed by atoms with Gasteiger partial charge in [0.2, 0.25) is 5.91 Å². The van der Waals surface area contributed by atoms with Crippen molar-refractivity contribution in [2.45, 2.75) is 57.5 Å². The molecule has 140 valence electrons. The van der Waals surface area contributed by atoms with Gasteiger partial charge >= 0.3 is 6.03 Å². The van der Waals surface area contributed by atoms with Gasteiger partial charge in [-0.15, -0.1) is 0 Å². The zero-order chi connectivity index (χ0) is 18.7. The first-order valence-corrected chi connectivity index (χ1v) is 9.07. The highest BCUT2D eigenvalue weighted by Gasteiger charge is 2.51. The van der Waals surface area contributed by atoms with Crippen molar-refractivity contribution in [3.63, 3.8) is 0 Å². The van der Waals surface area contributed by atoms with Gasteiger partial charge in [-0.1, -0.05) is 25.0 Å². The molecule has 1 heterocycles. The molecule has 7 heteroatoms. The number of amides is 4. The minimum Gasteiger partial charge on any atom is -0.352 e. The molecule has 1 saturated heterocycles. The SMILES string of the molecule is Cc1cc(CNC(=O)CCCN2C(=O)NC3(CCCC3)C2=O)ccc1F. The topological polar surface area (TPSA) is 78.5 Å². The number of nitrogens with one attached hydrogen (secondary N) is 2. The predicted molar refractivity (Wildman–Crippen MR) is 93.7 cm³/mol. The van der Waals surface area contributed by atoms with Gasteiger partial charge in [0.1, 0.15) is 11.4 Å². The van der Waals surface area contributed by atoms with Gasteiger partial charge in [0.25, 0.3) is 5.91 Å². The maximum absolute atomic E-state index is 13.2. The Morgan fingerprint density at radius 3 is 2.73 bits per heavy atom. The van der Waals surface area contributed by atoms with Crippen LogP contribution < -0.4 is 10.6 Å². The van der Waals surface area contributed by atoms with Gasteiger partial charge in [-0.3, -0.25) is 14.5 Å². The molecule has 1 saturated carbocycles. The summed E-state index contributed by atoms with van der Waals surface area (Å²) < 4.78 is 13.2. The number of nitrogens with zero attached hydrogens (tertiary/aromatic N) is 1. The fraction of sp³-hybridized carbons (Fsp3) is 0.526. The van der Waals surface area contributed by atoms with E-state index in [1.807, 2.05) is 0 Å². The molecular formula is C19H24FN3O3. The third kappa shape index (κ3) is 3.71. The van der Waals surface area contributed by atoms with E-state index in [1.165, 1.54) is 11.0 Å². The van der Waals surface area contributed by atoms with Gasteiger partial charge in [0.05, 0.1) is 0 Å². The van der Waals surface area contributed by atoms with E-state index < -0.39 is 5.54 Å². The molecule has 0 radical (unpaired) electrons. The lowest BCUT2D eigenvalue weighted by Crippen LogP contribution is -2.44. The fourth-order valence-electron chi connectivity index (χ4n) is 3.70. The van der Waals surface area contributed by atoms with Crippen LogP contribution in [0.5, 0.6) is 0 Å². The minimum absolute atomic E-state index is 0.151. The van der Waals surface area contributed by atoms with E-state index in [-0.39, 0.29) is 36.6 Å². The van der Waals surface area contributed by atoms with Crippen LogP contribution in [0.15, 0.2) is 18.2 Å². The second kappa shape index (κ2) is 7.43. The molecule has 1 spiro atoms. The van der Waals surface area contributed by atoms with E-state index >= 15 is 0 Å². The zero-order valence-electron chi connectivity index (χ0n) is 14.9. The standard InChI is InChI=1S/C19H24FN3O3/c1-13-11-14(6-7-15(13)20)12-21-16(24)5-4-10-23-17(25)19(22-18(23)26)8-2-3-9-19/h6-7,11H,2-5,8-10,12H2,1H3,(H,21,24)(H,22,26). The van der Waals surface area contributed by atoms with Gasteiger partial charge in [-0.05, 0) is 43.4 Å². The van der Waals surface area contributed by atoms with Gasteiger partial charge in [-0.25, -0.2) is 9.18 Å². The first-order chi connectivity index (χ1) is 12.4. The second-order valence-corrected chi connectivity index (χ2v) is 7.14. The highest BCUT2D eigenvalue weighted by Crippen LogP contribution is 2.35. The molecule has 0 aromatic heterocycles. The summed E-state index contributed by atoms with van der Waals surface area (Å²) in [5.41, 5.74) is 0.672. The van der Waals surface area contributed by atoms with Crippen LogP contribution in [0.1, 0.15) is 49.7 Å². The fourth-order valence-corrected chi connectivity index (χ4v) is 3.70. The molecular weight excluding hydrogens is 337 g/mol. The number of hydrogen-bond acceptors (Lipinski definition) is 3. The Labute approximate surface area is 152 Å². The van der Waals surface area contributed by atoms with Gasteiger partial charge in [0, 0.05) is 19.5 Å². The van der Waals surface area contributed by atoms with Gasteiger partial charge < -0.3 is 10.6 Å². The molecule has 6 nitrogen and oxygen atoms in total. The number of benzene rings is 1. The average Bonchev–Trinajstić information content (AvgIpc) is 3.16. The first-order valence-electron chi connectivity index (χ1n) is 9.07. The maximum Gasteiger partial charge on any atom is 0.325 e. The largest absolute Gasteiger partial charge is 0.352 e. The van der Waals surface area contributed by atoms with Crippen LogP contribution >= 0.6 is 0 Å². The number of aryl methyl sites for hydroxylation is 1. The minimum atomic E-state index is -0.695. The molecule has 2 N–H and O–H groups in total. The van der Waals surface area contributed by atoms with Crippen LogP contribution in [0.2, 0.25) is 0 Å². The van der Waals surface area contributed by atoms with Crippen molar-refractivity contribution >= 4 is 17.8 Å². The van der Waals surface area contributed by atoms with Crippen LogP contribution in [-0.2, 0) is 16.1 Å². The Balaban J connectivity index is 1.43. The van der Waals surface area contributed by atoms with Crippen LogP contribution in [-0.4, -0.2) is 34.8 Å². The van der Waals surface area contributed by atoms with Crippen molar-refractivity contribution in [2.24, 2.45) is 0 Å². The lowest BCUT2D eigenvalue weighted by Gasteiger charge is -2.19. The molecule has 1 aliphatic heterocycles. The number of imide groups is 1. The summed E-state index contributed by atoms with van der Waals surface area (Å²) in [6.45, 7) is 2.25. The number of hydrogen-bond donors (Lipinski definition) is 2. The molecule has 1 aromatic rings. The number of rotatable bonds is 6. The number of halogens is 1. The highest BCUT2D eigenvalue weighted by molar-refractivity contribution is 6.07. The van der Waals surface area contributed by atoms with Crippen molar-refractivity contribution in [1.82, 2.24) is 15.5 Å². The van der Waals surface area contributed by atoms with Crippen molar-refractivity contribution in [3.05, 3.63) is 35.1 Å². The average molecular weight is 361 g/mol. The van der Waals surface area contributed by atoms with Crippen molar-refractivity contribution < 1.29 is 18.8 Å². The maximum atomic E-state index is 13.2. The summed E-state index contributed by atoms with van der Waals surface area (Å²) in [7, 11) is 0. The third-order valence-corrected chi connectivity index (χ3v) is 5.20. The summed E-state index contributed by atoms with van der Waals surface area (Å²) in [6.07, 6.45) is 3.95. The molecule has 3 rings (SSSR count). The second-order valence-electron chi connectivity index (χ2n) is 7.14. The lowest BCUT2D eigenvalue weighted by molar-refractivity contribution is -0.131. The van der Waals surface area contributed by atoms with Gasteiger partial charge in [-0.2, -0.15) is 0 Å². The molecule has 2 aliphatic rings. The Morgan fingerprint density at radius 1 is 1.31 bits per heavy atom. The quantitative estimate of drug-likeness (QED) is 0.764. The monoisotopic (exact) mass is 361 g/mol. The van der Waals surface area contributed by atoms with Gasteiger partial charge in [0.15, 0.2) is 0 Å². The third-order valence-electron chi connectivity index (χ3n) is 5.20. The smallest absolute Gasteiger partial charge is 0.325 e. The molecule has 1 aliphatic carbocycles. The van der Waals surface area contributed by atoms with Crippen molar-refractivity contribution in [3.8, 4) is 0 Å². The van der Waals surface area contributed by atoms with Crippen LogP contribution in [0.25, 0.3) is 0 Å². The Hall–Kier alpha value is -2.44. The Morgan fingerprint density at radius 2 is 2.04 bits per heavy atom. The van der Waals surface area contributed by atoms with E-state index in [0.717, 1.165) is 18.4 Å². The molecule has 26 heavy (non-hydrogen) atoms. The van der Waals surface area contributed by atoms with E-state index in [0.29, 0.717) is 31.4 Å². The van der Waals surface area contributed by atoms with E-state index in [1.54, 1.807) is 19.1 Å². The predicted octanol–water partition coefficient (Wildman–Crippen LogP) is 2.40. The van der Waals surface area contributed by atoms with E-state index in [2.05, 4.69) is 10.6 Å². The molecule has 4 amide bonds. The van der Waals surface area contributed by atoms with Crippen LogP contribution in [0, 0.1) is 12.7 Å². The molecule has 0 atom stereocenters. The van der Waals surface area contributed by atoms with E-state index in [4.69, 9.17) is 0 Å². The number of carbonyl (C=O) groups excluding carboxylic acids is 3. The highest BCUT2D eigenvalue weighted by atomic mass is 19.1. The summed E-state index contributed by atoms with van der Waals surface area (Å²) in [6, 6.07) is 4.37. The Bertz CT molecular complexity index is 729. The molecule has 0 bridgehead atoms. The first kappa shape index (κ1) is 18.4. The summed E-state index contributed by atoms with van der Waals surface area (Å²) in [5.74, 6) is -0.578. The van der Waals surface area contributed by atoms with E-state index in [9.17, 15) is 18.8 Å². The van der Waals surface area contributed by atoms with Crippen molar-refractivity contribution in [2.75, 3.05) is 6.54 Å². The zero-order valence-corrected chi connectivity index (χ0v) is 14.9. The molecule has 2 fully saturated rings. The normalized spacial score (nSPS) is 18.5. The molecule has 1 aromatic carbocycles. The van der Waals surface area contributed by atoms with Crippen molar-refractivity contribution in [1.29, 1.82) is 0 Å². The lowest BCUT2D eigenvalue weighted by atomic mass is 9.98. The summed E-state index contributed by atoms with van der Waals surface area (Å²) >= 11 is 0. The summed E-state index contributed by atoms with van der Waals surface area (Å²) in [4.78, 5) is 37.8. The number of carbonyl (C=O) groups is 3. The Kier molecular flexibility index (Phi) is 5.25. The molecule has 0 unspecified atom stereocenters.